The van der Waals surface area contributed by atoms with Crippen LogP contribution in [0, 0.1) is 0 Å². The second kappa shape index (κ2) is 6.15. The van der Waals surface area contributed by atoms with Crippen molar-refractivity contribution in [2.24, 2.45) is 0 Å². The maximum atomic E-state index is 11.9. The Hall–Kier alpha value is -2.05. The molecule has 21 heavy (non-hydrogen) atoms. The standard InChI is InChI=1S/C14H16ClN5O/c15-10-3-1-9(2-4-10)7-17-14(21)18-13-11-5-6-16-8-12(11)19-20-13/h1-4,16H,5-8H2,(H3,17,18,19,20,21). The third-order valence-corrected chi connectivity index (χ3v) is 3.66. The van der Waals surface area contributed by atoms with Crippen LogP contribution in [0.3, 0.4) is 0 Å². The van der Waals surface area contributed by atoms with Gasteiger partial charge in [-0.25, -0.2) is 4.79 Å². The molecule has 2 heterocycles. The smallest absolute Gasteiger partial charge is 0.320 e. The van der Waals surface area contributed by atoms with Gasteiger partial charge >= 0.3 is 6.03 Å². The number of carbonyl (C=O) groups is 1. The van der Waals surface area contributed by atoms with Gasteiger partial charge in [0, 0.05) is 23.7 Å². The molecule has 110 valence electrons. The van der Waals surface area contributed by atoms with Crippen molar-refractivity contribution in [2.45, 2.75) is 19.5 Å². The lowest BCUT2D eigenvalue weighted by Crippen LogP contribution is -2.29. The molecule has 0 bridgehead atoms. The molecule has 0 radical (unpaired) electrons. The summed E-state index contributed by atoms with van der Waals surface area (Å²) in [5, 5.41) is 16.6. The molecule has 0 atom stereocenters. The average molecular weight is 306 g/mol. The Morgan fingerprint density at radius 1 is 1.33 bits per heavy atom. The summed E-state index contributed by atoms with van der Waals surface area (Å²) in [5.74, 6) is 0.611. The molecular formula is C14H16ClN5O. The van der Waals surface area contributed by atoms with Crippen molar-refractivity contribution < 1.29 is 4.79 Å². The maximum Gasteiger partial charge on any atom is 0.320 e. The number of benzene rings is 1. The van der Waals surface area contributed by atoms with Crippen LogP contribution >= 0.6 is 11.6 Å². The molecule has 0 saturated heterocycles. The van der Waals surface area contributed by atoms with Crippen LogP contribution in [0.4, 0.5) is 10.6 Å². The summed E-state index contributed by atoms with van der Waals surface area (Å²) in [5.41, 5.74) is 3.10. The molecule has 1 aromatic heterocycles. The molecule has 2 aromatic rings. The Bertz CT molecular complexity index is 637. The molecule has 0 fully saturated rings. The molecule has 0 spiro atoms. The van der Waals surface area contributed by atoms with E-state index in [1.54, 1.807) is 12.1 Å². The van der Waals surface area contributed by atoms with Gasteiger partial charge in [0.15, 0.2) is 5.82 Å². The lowest BCUT2D eigenvalue weighted by atomic mass is 10.1. The summed E-state index contributed by atoms with van der Waals surface area (Å²) in [7, 11) is 0. The van der Waals surface area contributed by atoms with Crippen LogP contribution in [-0.4, -0.2) is 22.8 Å². The Morgan fingerprint density at radius 3 is 2.95 bits per heavy atom. The fourth-order valence-electron chi connectivity index (χ4n) is 2.28. The highest BCUT2D eigenvalue weighted by molar-refractivity contribution is 6.30. The van der Waals surface area contributed by atoms with Gasteiger partial charge in [0.1, 0.15) is 0 Å². The Balaban J connectivity index is 1.57. The molecule has 1 aliphatic rings. The quantitative estimate of drug-likeness (QED) is 0.700. The SMILES string of the molecule is O=C(NCc1ccc(Cl)cc1)Nc1n[nH]c2c1CCNC2. The predicted molar refractivity (Wildman–Crippen MR) is 81.3 cm³/mol. The minimum Gasteiger partial charge on any atom is -0.334 e. The zero-order chi connectivity index (χ0) is 14.7. The van der Waals surface area contributed by atoms with Crippen molar-refractivity contribution in [1.29, 1.82) is 0 Å². The van der Waals surface area contributed by atoms with Gasteiger partial charge in [-0.1, -0.05) is 23.7 Å². The largest absolute Gasteiger partial charge is 0.334 e. The van der Waals surface area contributed by atoms with Crippen molar-refractivity contribution in [3.8, 4) is 0 Å². The van der Waals surface area contributed by atoms with Crippen LogP contribution in [0.15, 0.2) is 24.3 Å². The van der Waals surface area contributed by atoms with E-state index in [0.29, 0.717) is 17.4 Å². The molecule has 0 saturated carbocycles. The second-order valence-electron chi connectivity index (χ2n) is 4.89. The number of nitrogens with zero attached hydrogens (tertiary/aromatic N) is 1. The van der Waals surface area contributed by atoms with E-state index in [2.05, 4.69) is 26.1 Å². The number of hydrogen-bond acceptors (Lipinski definition) is 3. The van der Waals surface area contributed by atoms with Gasteiger partial charge in [0.05, 0.1) is 5.69 Å². The number of nitrogens with one attached hydrogen (secondary N) is 4. The Labute approximate surface area is 127 Å². The third kappa shape index (κ3) is 3.34. The topological polar surface area (TPSA) is 81.8 Å². The summed E-state index contributed by atoms with van der Waals surface area (Å²) in [6.07, 6.45) is 0.860. The number of aromatic nitrogens is 2. The summed E-state index contributed by atoms with van der Waals surface area (Å²) in [4.78, 5) is 11.9. The zero-order valence-corrected chi connectivity index (χ0v) is 12.1. The number of aromatic amines is 1. The number of urea groups is 1. The van der Waals surface area contributed by atoms with Crippen LogP contribution in [0.25, 0.3) is 0 Å². The van der Waals surface area contributed by atoms with Gasteiger partial charge < -0.3 is 10.6 Å². The van der Waals surface area contributed by atoms with Crippen LogP contribution in [0.1, 0.15) is 16.8 Å². The molecular weight excluding hydrogens is 290 g/mol. The van der Waals surface area contributed by atoms with Crippen LogP contribution < -0.4 is 16.0 Å². The number of carbonyl (C=O) groups excluding carboxylic acids is 1. The number of halogens is 1. The molecule has 2 amide bonds. The minimum absolute atomic E-state index is 0.266. The van der Waals surface area contributed by atoms with Gasteiger partial charge in [-0.05, 0) is 30.7 Å². The molecule has 7 heteroatoms. The minimum atomic E-state index is -0.266. The van der Waals surface area contributed by atoms with Crippen LogP contribution in [0.2, 0.25) is 5.02 Å². The van der Waals surface area contributed by atoms with E-state index in [9.17, 15) is 4.79 Å². The predicted octanol–water partition coefficient (Wildman–Crippen LogP) is 2.03. The van der Waals surface area contributed by atoms with E-state index < -0.39 is 0 Å². The highest BCUT2D eigenvalue weighted by Gasteiger charge is 2.17. The van der Waals surface area contributed by atoms with Crippen molar-refractivity contribution in [3.63, 3.8) is 0 Å². The summed E-state index contributed by atoms with van der Waals surface area (Å²) in [6, 6.07) is 7.09. The third-order valence-electron chi connectivity index (χ3n) is 3.40. The van der Waals surface area contributed by atoms with Crippen molar-refractivity contribution >= 4 is 23.4 Å². The van der Waals surface area contributed by atoms with Gasteiger partial charge in [0.25, 0.3) is 0 Å². The number of H-pyrrole nitrogens is 1. The fraction of sp³-hybridized carbons (Fsp3) is 0.286. The van der Waals surface area contributed by atoms with Gasteiger partial charge in [-0.3, -0.25) is 10.4 Å². The van der Waals surface area contributed by atoms with E-state index in [0.717, 1.165) is 36.3 Å². The first-order valence-corrected chi connectivity index (χ1v) is 7.16. The Kier molecular flexibility index (Phi) is 4.08. The Morgan fingerprint density at radius 2 is 2.14 bits per heavy atom. The molecule has 1 aliphatic heterocycles. The van der Waals surface area contributed by atoms with Crippen molar-refractivity contribution in [1.82, 2.24) is 20.8 Å². The normalized spacial score (nSPS) is 13.6. The van der Waals surface area contributed by atoms with E-state index in [-0.39, 0.29) is 6.03 Å². The summed E-state index contributed by atoms with van der Waals surface area (Å²) in [6.45, 7) is 2.10. The molecule has 6 nitrogen and oxygen atoms in total. The van der Waals surface area contributed by atoms with Gasteiger partial charge in [0.2, 0.25) is 0 Å². The second-order valence-corrected chi connectivity index (χ2v) is 5.33. The monoisotopic (exact) mass is 305 g/mol. The molecule has 1 aromatic carbocycles. The number of rotatable bonds is 3. The number of amides is 2. The summed E-state index contributed by atoms with van der Waals surface area (Å²) < 4.78 is 0. The highest BCUT2D eigenvalue weighted by Crippen LogP contribution is 2.19. The lowest BCUT2D eigenvalue weighted by Gasteiger charge is -2.13. The van der Waals surface area contributed by atoms with E-state index in [1.807, 2.05) is 12.1 Å². The van der Waals surface area contributed by atoms with Crippen molar-refractivity contribution in [3.05, 3.63) is 46.1 Å². The molecule has 0 unspecified atom stereocenters. The first kappa shape index (κ1) is 13.9. The molecule has 0 aliphatic carbocycles. The lowest BCUT2D eigenvalue weighted by molar-refractivity contribution is 0.251. The van der Waals surface area contributed by atoms with E-state index in [4.69, 9.17) is 11.6 Å². The summed E-state index contributed by atoms with van der Waals surface area (Å²) >= 11 is 5.82. The average Bonchev–Trinajstić information content (AvgIpc) is 2.90. The first-order chi connectivity index (χ1) is 10.2. The van der Waals surface area contributed by atoms with E-state index in [1.165, 1.54) is 0 Å². The van der Waals surface area contributed by atoms with Crippen LogP contribution in [0.5, 0.6) is 0 Å². The fourth-order valence-corrected chi connectivity index (χ4v) is 2.41. The zero-order valence-electron chi connectivity index (χ0n) is 11.4. The molecule has 3 rings (SSSR count). The van der Waals surface area contributed by atoms with Crippen LogP contribution in [-0.2, 0) is 19.5 Å². The highest BCUT2D eigenvalue weighted by atomic mass is 35.5. The van der Waals surface area contributed by atoms with Crippen molar-refractivity contribution in [2.75, 3.05) is 11.9 Å². The van der Waals surface area contributed by atoms with E-state index >= 15 is 0 Å². The number of hydrogen-bond donors (Lipinski definition) is 4. The van der Waals surface area contributed by atoms with Gasteiger partial charge in [-0.2, -0.15) is 5.10 Å². The maximum absolute atomic E-state index is 11.9. The number of fused-ring (bicyclic) bond motifs is 1. The first-order valence-electron chi connectivity index (χ1n) is 6.78. The van der Waals surface area contributed by atoms with Gasteiger partial charge in [-0.15, -0.1) is 0 Å². The number of anilines is 1. The molecule has 4 N–H and O–H groups in total.